The maximum absolute atomic E-state index is 12.3. The lowest BCUT2D eigenvalue weighted by molar-refractivity contribution is -0.131. The van der Waals surface area contributed by atoms with Gasteiger partial charge in [-0.05, 0) is 65.3 Å². The highest BCUT2D eigenvalue weighted by Gasteiger charge is 2.34. The molecule has 0 heterocycles. The molecular weight excluding hydrogens is 416 g/mol. The van der Waals surface area contributed by atoms with Crippen molar-refractivity contribution in [1.82, 2.24) is 0 Å². The van der Waals surface area contributed by atoms with E-state index < -0.39 is 10.3 Å². The molecule has 3 aromatic rings. The molecule has 32 heavy (non-hydrogen) atoms. The highest BCUT2D eigenvalue weighted by Crippen LogP contribution is 2.69. The Balaban J connectivity index is 1.83. The van der Waals surface area contributed by atoms with Crippen molar-refractivity contribution in [1.29, 1.82) is 0 Å². The third-order valence-electron chi connectivity index (χ3n) is 5.31. The van der Waals surface area contributed by atoms with E-state index in [0.717, 1.165) is 33.5 Å². The van der Waals surface area contributed by atoms with Crippen LogP contribution >= 0.6 is 10.3 Å². The van der Waals surface area contributed by atoms with E-state index in [1.165, 1.54) is 39.0 Å². The fourth-order valence-electron chi connectivity index (χ4n) is 3.75. The second-order valence-electron chi connectivity index (χ2n) is 7.84. The van der Waals surface area contributed by atoms with Gasteiger partial charge in [0.1, 0.15) is 5.75 Å². The highest BCUT2D eigenvalue weighted by atomic mass is 32.3. The standard InChI is InChI=1S/C28H34O3S/c1-3-4-5-6-7-14-23-30-25-19-21-28(22-20-25)32(31-24(2)29,26-15-10-8-11-16-26)27-17-12-9-13-18-27/h8-13,15-22H,3-7,14,23H2,1-2H3. The largest absolute Gasteiger partial charge is 0.494 e. The molecule has 4 heteroatoms. The fraction of sp³-hybridized carbons (Fsp3) is 0.321. The van der Waals surface area contributed by atoms with Crippen LogP contribution in [0.2, 0.25) is 0 Å². The van der Waals surface area contributed by atoms with Crippen LogP contribution in [0.15, 0.2) is 99.6 Å². The van der Waals surface area contributed by atoms with Crippen LogP contribution in [0, 0.1) is 0 Å². The first-order valence-electron chi connectivity index (χ1n) is 11.5. The number of ether oxygens (including phenoxy) is 1. The lowest BCUT2D eigenvalue weighted by Crippen LogP contribution is -2.11. The molecule has 0 aliphatic heterocycles. The molecule has 0 saturated heterocycles. The Hall–Kier alpha value is -2.72. The Morgan fingerprint density at radius 1 is 0.688 bits per heavy atom. The van der Waals surface area contributed by atoms with Gasteiger partial charge in [-0.25, -0.2) is 0 Å². The monoisotopic (exact) mass is 450 g/mol. The van der Waals surface area contributed by atoms with Crippen LogP contribution in [0.5, 0.6) is 5.75 Å². The zero-order chi connectivity index (χ0) is 22.7. The third-order valence-corrected chi connectivity index (χ3v) is 8.61. The third kappa shape index (κ3) is 6.17. The van der Waals surface area contributed by atoms with Crippen molar-refractivity contribution < 1.29 is 13.7 Å². The first-order chi connectivity index (χ1) is 15.7. The summed E-state index contributed by atoms with van der Waals surface area (Å²) in [7, 11) is -2.19. The van der Waals surface area contributed by atoms with Crippen molar-refractivity contribution >= 4 is 16.3 Å². The molecule has 0 aliphatic carbocycles. The van der Waals surface area contributed by atoms with Gasteiger partial charge in [-0.1, -0.05) is 75.4 Å². The van der Waals surface area contributed by atoms with Crippen molar-refractivity contribution in [2.45, 2.75) is 67.1 Å². The molecule has 0 radical (unpaired) electrons. The maximum atomic E-state index is 12.3. The Morgan fingerprint density at radius 2 is 1.19 bits per heavy atom. The second-order valence-corrected chi connectivity index (χ2v) is 10.5. The number of carbonyl (C=O) groups is 1. The Bertz CT molecular complexity index is 900. The molecule has 3 nitrogen and oxygen atoms in total. The molecule has 0 aromatic heterocycles. The molecule has 0 aliphatic rings. The van der Waals surface area contributed by atoms with Gasteiger partial charge in [-0.3, -0.25) is 4.79 Å². The van der Waals surface area contributed by atoms with Gasteiger partial charge in [0.15, 0.2) is 0 Å². The van der Waals surface area contributed by atoms with Crippen LogP contribution in [0.3, 0.4) is 0 Å². The number of rotatable bonds is 12. The summed E-state index contributed by atoms with van der Waals surface area (Å²) in [4.78, 5) is 15.2. The topological polar surface area (TPSA) is 35.5 Å². The van der Waals surface area contributed by atoms with Crippen LogP contribution in [0.4, 0.5) is 0 Å². The summed E-state index contributed by atoms with van der Waals surface area (Å²) >= 11 is 0. The predicted octanol–water partition coefficient (Wildman–Crippen LogP) is 8.19. The summed E-state index contributed by atoms with van der Waals surface area (Å²) < 4.78 is 12.2. The summed E-state index contributed by atoms with van der Waals surface area (Å²) in [5, 5.41) is 0. The zero-order valence-electron chi connectivity index (χ0n) is 19.2. The Labute approximate surface area is 194 Å². The molecule has 0 unspecified atom stereocenters. The van der Waals surface area contributed by atoms with Gasteiger partial charge in [0.05, 0.1) is 6.61 Å². The summed E-state index contributed by atoms with van der Waals surface area (Å²) in [5.41, 5.74) is 0. The predicted molar refractivity (Wildman–Crippen MR) is 132 cm³/mol. The molecular formula is C28H34O3S. The lowest BCUT2D eigenvalue weighted by Gasteiger charge is -2.39. The van der Waals surface area contributed by atoms with E-state index in [-0.39, 0.29) is 5.97 Å². The number of hydrogen-bond donors (Lipinski definition) is 0. The Morgan fingerprint density at radius 3 is 1.72 bits per heavy atom. The minimum Gasteiger partial charge on any atom is -0.494 e. The maximum Gasteiger partial charge on any atom is 0.313 e. The average molecular weight is 451 g/mol. The second kappa shape index (κ2) is 12.4. The number of benzene rings is 3. The highest BCUT2D eigenvalue weighted by molar-refractivity contribution is 8.30. The molecule has 0 amide bonds. The summed E-state index contributed by atoms with van der Waals surface area (Å²) in [6.07, 6.45) is 7.45. The van der Waals surface area contributed by atoms with E-state index in [1.54, 1.807) is 0 Å². The number of unbranched alkanes of at least 4 members (excludes halogenated alkanes) is 5. The van der Waals surface area contributed by atoms with Gasteiger partial charge in [0.2, 0.25) is 0 Å². The first-order valence-corrected chi connectivity index (χ1v) is 13.1. The van der Waals surface area contributed by atoms with Gasteiger partial charge >= 0.3 is 5.97 Å². The summed E-state index contributed by atoms with van der Waals surface area (Å²) in [6, 6.07) is 28.1. The molecule has 0 bridgehead atoms. The van der Waals surface area contributed by atoms with E-state index in [9.17, 15) is 4.79 Å². The molecule has 3 rings (SSSR count). The van der Waals surface area contributed by atoms with Crippen molar-refractivity contribution in [2.24, 2.45) is 0 Å². The van der Waals surface area contributed by atoms with E-state index in [2.05, 4.69) is 6.92 Å². The van der Waals surface area contributed by atoms with Crippen molar-refractivity contribution in [3.8, 4) is 5.75 Å². The van der Waals surface area contributed by atoms with Gasteiger partial charge in [0, 0.05) is 21.6 Å². The molecule has 0 spiro atoms. The fourth-order valence-corrected chi connectivity index (χ4v) is 6.81. The SMILES string of the molecule is CCCCCCCCOc1ccc(S(OC(C)=O)(c2ccccc2)c2ccccc2)cc1. The van der Waals surface area contributed by atoms with Gasteiger partial charge in [-0.2, -0.15) is 0 Å². The van der Waals surface area contributed by atoms with E-state index in [1.807, 2.05) is 84.9 Å². The first kappa shape index (κ1) is 23.9. The van der Waals surface area contributed by atoms with Gasteiger partial charge in [-0.15, -0.1) is 0 Å². The number of hydrogen-bond acceptors (Lipinski definition) is 3. The van der Waals surface area contributed by atoms with Crippen LogP contribution in [0.1, 0.15) is 52.4 Å². The zero-order valence-corrected chi connectivity index (χ0v) is 20.0. The molecule has 3 aromatic carbocycles. The van der Waals surface area contributed by atoms with Crippen LogP contribution in [-0.4, -0.2) is 12.6 Å². The smallest absolute Gasteiger partial charge is 0.313 e. The van der Waals surface area contributed by atoms with Crippen molar-refractivity contribution in [2.75, 3.05) is 6.61 Å². The minimum atomic E-state index is -2.19. The summed E-state index contributed by atoms with van der Waals surface area (Å²) in [5.74, 6) is 0.552. The average Bonchev–Trinajstić information content (AvgIpc) is 2.83. The lowest BCUT2D eigenvalue weighted by atomic mass is 10.1. The van der Waals surface area contributed by atoms with Crippen LogP contribution in [0.25, 0.3) is 0 Å². The minimum absolute atomic E-state index is 0.295. The van der Waals surface area contributed by atoms with Crippen LogP contribution in [-0.2, 0) is 8.98 Å². The summed E-state index contributed by atoms with van der Waals surface area (Å²) in [6.45, 7) is 4.44. The van der Waals surface area contributed by atoms with Crippen molar-refractivity contribution in [3.05, 3.63) is 84.9 Å². The molecule has 170 valence electrons. The molecule has 0 saturated carbocycles. The number of carbonyl (C=O) groups excluding carboxylic acids is 1. The molecule has 0 fully saturated rings. The molecule has 0 N–H and O–H groups in total. The van der Waals surface area contributed by atoms with E-state index in [0.29, 0.717) is 0 Å². The van der Waals surface area contributed by atoms with E-state index >= 15 is 0 Å². The van der Waals surface area contributed by atoms with Crippen molar-refractivity contribution in [3.63, 3.8) is 0 Å². The van der Waals surface area contributed by atoms with Crippen LogP contribution < -0.4 is 4.74 Å². The van der Waals surface area contributed by atoms with Gasteiger partial charge in [0.25, 0.3) is 0 Å². The van der Waals surface area contributed by atoms with Gasteiger partial charge < -0.3 is 8.92 Å². The molecule has 0 atom stereocenters. The quantitative estimate of drug-likeness (QED) is 0.261. The van der Waals surface area contributed by atoms with E-state index in [4.69, 9.17) is 8.92 Å². The normalized spacial score (nSPS) is 11.7. The Kier molecular flexibility index (Phi) is 9.24.